The molecule has 1 aliphatic carbocycles. The van der Waals surface area contributed by atoms with E-state index in [-0.39, 0.29) is 51.1 Å². The van der Waals surface area contributed by atoms with Crippen molar-refractivity contribution in [3.8, 4) is 44.5 Å². The lowest BCUT2D eigenvalue weighted by atomic mass is 9.81. The Morgan fingerprint density at radius 2 is 1.00 bits per heavy atom. The number of para-hydroxylation sites is 1. The molecule has 0 fully saturated rings. The summed E-state index contributed by atoms with van der Waals surface area (Å²) in [5.74, 6) is 0. The lowest BCUT2D eigenvalue weighted by Crippen LogP contribution is -2.14. The zero-order valence-electron chi connectivity index (χ0n) is 34.3. The summed E-state index contributed by atoms with van der Waals surface area (Å²) in [6.45, 7) is 4.45. The highest BCUT2D eigenvalue weighted by Crippen LogP contribution is 2.50. The molecule has 0 unspecified atom stereocenters. The van der Waals surface area contributed by atoms with Crippen LogP contribution in [0.5, 0.6) is 0 Å². The number of benzene rings is 8. The molecular formula is C47H32O. The molecule has 8 aromatic carbocycles. The van der Waals surface area contributed by atoms with Crippen molar-refractivity contribution < 1.29 is 15.4 Å². The molecular weight excluding hydrogens is 581 g/mol. The number of furan rings is 1. The van der Waals surface area contributed by atoms with Crippen molar-refractivity contribution in [3.05, 3.63) is 169 Å². The lowest BCUT2D eigenvalue weighted by molar-refractivity contribution is 0.660. The Morgan fingerprint density at radius 1 is 0.438 bits per heavy atom. The second-order valence-electron chi connectivity index (χ2n) is 13.1. The molecule has 226 valence electrons. The average Bonchev–Trinajstić information content (AvgIpc) is 3.70. The third-order valence-electron chi connectivity index (χ3n) is 10.1. The van der Waals surface area contributed by atoms with Crippen LogP contribution in [-0.2, 0) is 5.41 Å². The molecule has 0 amide bonds. The monoisotopic (exact) mass is 620 g/mol. The Kier molecular flexibility index (Phi) is 4.25. The second-order valence-corrected chi connectivity index (χ2v) is 13.1. The Bertz CT molecular complexity index is 3130. The van der Waals surface area contributed by atoms with Crippen LogP contribution >= 0.6 is 0 Å². The van der Waals surface area contributed by atoms with Gasteiger partial charge in [-0.25, -0.2) is 0 Å². The molecule has 0 N–H and O–H groups in total. The summed E-state index contributed by atoms with van der Waals surface area (Å²) in [4.78, 5) is 0. The molecule has 9 aromatic rings. The first-order valence-electron chi connectivity index (χ1n) is 20.1. The average molecular weight is 621 g/mol. The van der Waals surface area contributed by atoms with Gasteiger partial charge < -0.3 is 4.42 Å². The molecule has 1 aliphatic rings. The van der Waals surface area contributed by atoms with Crippen molar-refractivity contribution in [1.82, 2.24) is 0 Å². The van der Waals surface area contributed by atoms with Crippen LogP contribution in [0.1, 0.15) is 35.9 Å². The number of hydrogen-bond donors (Lipinski definition) is 0. The van der Waals surface area contributed by atoms with Gasteiger partial charge in [-0.05, 0) is 108 Å². The van der Waals surface area contributed by atoms with Gasteiger partial charge in [-0.3, -0.25) is 0 Å². The normalized spacial score (nSPS) is 15.7. The first kappa shape index (κ1) is 20.3. The SMILES string of the molecule is [2H]c1c([2H])c([2H])c2c(-c3ccc4oc5ccccc5c4c3)c3c([2H])c([2H])c([2H])c([2H])c3c(-c3cccc(-c4ccc5c(c4)C(C)(C)c4ccccc4-5)c3)c2c1[2H]. The maximum atomic E-state index is 9.40. The lowest BCUT2D eigenvalue weighted by Gasteiger charge is -2.22. The Morgan fingerprint density at radius 3 is 1.75 bits per heavy atom. The van der Waals surface area contributed by atoms with Gasteiger partial charge in [0.25, 0.3) is 0 Å². The van der Waals surface area contributed by atoms with Crippen LogP contribution in [0.3, 0.4) is 0 Å². The summed E-state index contributed by atoms with van der Waals surface area (Å²) >= 11 is 0. The van der Waals surface area contributed by atoms with E-state index >= 15 is 0 Å². The highest BCUT2D eigenvalue weighted by Gasteiger charge is 2.35. The molecule has 0 saturated carbocycles. The molecule has 1 aromatic heterocycles. The van der Waals surface area contributed by atoms with Crippen molar-refractivity contribution in [2.24, 2.45) is 0 Å². The molecule has 48 heavy (non-hydrogen) atoms. The van der Waals surface area contributed by atoms with Gasteiger partial charge in [-0.15, -0.1) is 0 Å². The van der Waals surface area contributed by atoms with E-state index in [2.05, 4.69) is 56.3 Å². The highest BCUT2D eigenvalue weighted by atomic mass is 16.3. The summed E-state index contributed by atoms with van der Waals surface area (Å²) in [5, 5.41) is 2.36. The molecule has 0 aliphatic heterocycles. The van der Waals surface area contributed by atoms with Crippen molar-refractivity contribution >= 4 is 43.5 Å². The summed E-state index contributed by atoms with van der Waals surface area (Å²) in [5.41, 5.74) is 9.52. The fourth-order valence-electron chi connectivity index (χ4n) is 7.82. The van der Waals surface area contributed by atoms with Crippen LogP contribution in [0.25, 0.3) is 88.0 Å². The van der Waals surface area contributed by atoms with E-state index in [4.69, 9.17) is 9.90 Å². The summed E-state index contributed by atoms with van der Waals surface area (Å²) in [7, 11) is 0. The smallest absolute Gasteiger partial charge is 0.135 e. The third kappa shape index (κ3) is 3.85. The second kappa shape index (κ2) is 10.0. The van der Waals surface area contributed by atoms with Crippen molar-refractivity contribution in [3.63, 3.8) is 0 Å². The molecule has 0 bridgehead atoms. The predicted octanol–water partition coefficient (Wildman–Crippen LogP) is 13.2. The quantitative estimate of drug-likeness (QED) is 0.179. The van der Waals surface area contributed by atoms with E-state index in [1.54, 1.807) is 12.1 Å². The molecule has 0 radical (unpaired) electrons. The largest absolute Gasteiger partial charge is 0.456 e. The number of rotatable bonds is 3. The molecule has 0 spiro atoms. The van der Waals surface area contributed by atoms with Crippen LogP contribution < -0.4 is 0 Å². The molecule has 1 nitrogen and oxygen atoms in total. The van der Waals surface area contributed by atoms with Crippen LogP contribution in [-0.4, -0.2) is 0 Å². The molecule has 1 heteroatoms. The first-order chi connectivity index (χ1) is 26.9. The Labute approximate surface area is 291 Å². The Balaban J connectivity index is 1.31. The van der Waals surface area contributed by atoms with Crippen LogP contribution in [0.4, 0.5) is 0 Å². The van der Waals surface area contributed by atoms with Crippen molar-refractivity contribution in [1.29, 1.82) is 0 Å². The summed E-state index contributed by atoms with van der Waals surface area (Å²) in [6, 6.07) is 32.8. The molecule has 0 atom stereocenters. The van der Waals surface area contributed by atoms with Crippen molar-refractivity contribution in [2.75, 3.05) is 0 Å². The minimum atomic E-state index is -0.430. The van der Waals surface area contributed by atoms with E-state index < -0.39 is 24.2 Å². The van der Waals surface area contributed by atoms with Gasteiger partial charge in [0.2, 0.25) is 0 Å². The van der Waals surface area contributed by atoms with Gasteiger partial charge in [-0.2, -0.15) is 0 Å². The van der Waals surface area contributed by atoms with E-state index in [1.807, 2.05) is 54.6 Å². The number of hydrogen-bond acceptors (Lipinski definition) is 1. The van der Waals surface area contributed by atoms with E-state index in [1.165, 1.54) is 22.3 Å². The standard InChI is InChI=1S/C47H32O/c1-47(2)41-20-9-7-14-33(41)34-24-22-30(28-42(34)47)29-12-11-13-31(26-29)45-36-16-3-5-18-38(36)46(39-19-6-4-17-37(39)45)32-23-25-44-40(27-32)35-15-8-10-21-43(35)48-44/h3-28H,1-2H3/i3D,4D,5D,6D,16D,17D,18D,19D. The van der Waals surface area contributed by atoms with Gasteiger partial charge in [0.05, 0.1) is 11.0 Å². The third-order valence-corrected chi connectivity index (χ3v) is 10.1. The summed E-state index contributed by atoms with van der Waals surface area (Å²) < 4.78 is 79.0. The molecule has 10 rings (SSSR count). The predicted molar refractivity (Wildman–Crippen MR) is 203 cm³/mol. The first-order valence-corrected chi connectivity index (χ1v) is 16.1. The van der Waals surface area contributed by atoms with Gasteiger partial charge in [0.15, 0.2) is 0 Å². The van der Waals surface area contributed by atoms with Gasteiger partial charge in [-0.1, -0.05) is 141 Å². The molecule has 1 heterocycles. The fraction of sp³-hybridized carbons (Fsp3) is 0.0638. The topological polar surface area (TPSA) is 13.1 Å². The zero-order chi connectivity index (χ0) is 38.9. The highest BCUT2D eigenvalue weighted by molar-refractivity contribution is 6.22. The van der Waals surface area contributed by atoms with E-state index in [0.29, 0.717) is 33.4 Å². The maximum Gasteiger partial charge on any atom is 0.135 e. The van der Waals surface area contributed by atoms with Gasteiger partial charge in [0, 0.05) is 16.2 Å². The van der Waals surface area contributed by atoms with E-state index in [9.17, 15) is 5.48 Å². The summed E-state index contributed by atoms with van der Waals surface area (Å²) in [6.07, 6.45) is 0. The molecule has 0 saturated heterocycles. The van der Waals surface area contributed by atoms with E-state index in [0.717, 1.165) is 21.9 Å². The number of fused-ring (bicyclic) bond motifs is 8. The van der Waals surface area contributed by atoms with Gasteiger partial charge >= 0.3 is 0 Å². The van der Waals surface area contributed by atoms with Crippen LogP contribution in [0.15, 0.2) is 162 Å². The Hall–Kier alpha value is -5.92. The minimum absolute atomic E-state index is 0.179. The maximum absolute atomic E-state index is 9.40. The van der Waals surface area contributed by atoms with Crippen LogP contribution in [0, 0.1) is 0 Å². The minimum Gasteiger partial charge on any atom is -0.456 e. The van der Waals surface area contributed by atoms with Crippen LogP contribution in [0.2, 0.25) is 0 Å². The zero-order valence-corrected chi connectivity index (χ0v) is 26.3. The fourth-order valence-corrected chi connectivity index (χ4v) is 7.82. The van der Waals surface area contributed by atoms with Crippen molar-refractivity contribution in [2.45, 2.75) is 19.3 Å². The van der Waals surface area contributed by atoms with Gasteiger partial charge in [0.1, 0.15) is 11.2 Å².